The van der Waals surface area contributed by atoms with Gasteiger partial charge in [-0.05, 0) is 35.4 Å². The van der Waals surface area contributed by atoms with Gasteiger partial charge in [-0.2, -0.15) is 0 Å². The highest BCUT2D eigenvalue weighted by atomic mass is 35.5. The van der Waals surface area contributed by atoms with Crippen LogP contribution in [-0.4, -0.2) is 24.2 Å². The van der Waals surface area contributed by atoms with E-state index in [4.69, 9.17) is 21.1 Å². The van der Waals surface area contributed by atoms with Gasteiger partial charge in [0.25, 0.3) is 0 Å². The van der Waals surface area contributed by atoms with Crippen LogP contribution >= 0.6 is 11.6 Å². The van der Waals surface area contributed by atoms with Gasteiger partial charge in [-0.1, -0.05) is 23.7 Å². The number of phenolic OH excluding ortho intramolecular Hbond substituents is 1. The van der Waals surface area contributed by atoms with Gasteiger partial charge in [0.15, 0.2) is 11.5 Å². The Morgan fingerprint density at radius 1 is 1.12 bits per heavy atom. The minimum atomic E-state index is -0.107. The maximum atomic E-state index is 12.0. The Hall–Kier alpha value is -2.40. The molecule has 6 heteroatoms. The Morgan fingerprint density at radius 3 is 2.67 bits per heavy atom. The van der Waals surface area contributed by atoms with E-state index in [0.717, 1.165) is 17.5 Å². The number of hydrogen-bond donors (Lipinski definition) is 2. The van der Waals surface area contributed by atoms with Crippen molar-refractivity contribution in [3.05, 3.63) is 52.5 Å². The summed E-state index contributed by atoms with van der Waals surface area (Å²) in [6.45, 7) is 1.52. The molecule has 0 bridgehead atoms. The molecule has 2 aromatic rings. The van der Waals surface area contributed by atoms with Crippen molar-refractivity contribution in [1.29, 1.82) is 0 Å². The third kappa shape index (κ3) is 4.11. The van der Waals surface area contributed by atoms with Crippen molar-refractivity contribution in [2.24, 2.45) is 0 Å². The fourth-order valence-electron chi connectivity index (χ4n) is 2.45. The topological polar surface area (TPSA) is 67.8 Å². The molecule has 0 spiro atoms. The molecule has 0 aliphatic carbocycles. The Bertz CT molecular complexity index is 731. The summed E-state index contributed by atoms with van der Waals surface area (Å²) in [5.41, 5.74) is 1.69. The highest BCUT2D eigenvalue weighted by molar-refractivity contribution is 6.32. The lowest BCUT2D eigenvalue weighted by atomic mass is 10.1. The number of phenols is 1. The van der Waals surface area contributed by atoms with Crippen LogP contribution in [0.4, 0.5) is 0 Å². The second-order valence-corrected chi connectivity index (χ2v) is 5.98. The predicted molar refractivity (Wildman–Crippen MR) is 90.7 cm³/mol. The van der Waals surface area contributed by atoms with Crippen LogP contribution in [0.2, 0.25) is 5.02 Å². The average molecular weight is 348 g/mol. The van der Waals surface area contributed by atoms with E-state index in [2.05, 4.69) is 5.32 Å². The number of ether oxygens (including phenoxy) is 2. The van der Waals surface area contributed by atoms with E-state index < -0.39 is 0 Å². The number of halogens is 1. The molecule has 0 atom stereocenters. The SMILES string of the molecule is O=C(Cc1ccc(O)cc1)NCc1cc(Cl)c2c(c1)OCCCO2. The number of nitrogens with one attached hydrogen (secondary N) is 1. The van der Waals surface area contributed by atoms with E-state index in [9.17, 15) is 9.90 Å². The number of aromatic hydroxyl groups is 1. The van der Waals surface area contributed by atoms with Gasteiger partial charge in [-0.15, -0.1) is 0 Å². The molecule has 1 heterocycles. The molecule has 24 heavy (non-hydrogen) atoms. The smallest absolute Gasteiger partial charge is 0.224 e. The zero-order valence-corrected chi connectivity index (χ0v) is 13.8. The molecule has 0 saturated heterocycles. The Kier molecular flexibility index (Phi) is 5.11. The Morgan fingerprint density at radius 2 is 1.88 bits per heavy atom. The molecular weight excluding hydrogens is 330 g/mol. The fraction of sp³-hybridized carbons (Fsp3) is 0.278. The molecule has 0 unspecified atom stereocenters. The third-order valence-electron chi connectivity index (χ3n) is 3.65. The fourth-order valence-corrected chi connectivity index (χ4v) is 2.74. The summed E-state index contributed by atoms with van der Waals surface area (Å²) in [7, 11) is 0. The van der Waals surface area contributed by atoms with E-state index in [-0.39, 0.29) is 18.1 Å². The summed E-state index contributed by atoms with van der Waals surface area (Å²) >= 11 is 6.24. The summed E-state index contributed by atoms with van der Waals surface area (Å²) in [5, 5.41) is 12.6. The molecule has 126 valence electrons. The van der Waals surface area contributed by atoms with Gasteiger partial charge in [-0.3, -0.25) is 4.79 Å². The maximum absolute atomic E-state index is 12.0. The third-order valence-corrected chi connectivity index (χ3v) is 3.93. The molecule has 0 saturated carbocycles. The van der Waals surface area contributed by atoms with Gasteiger partial charge < -0.3 is 19.9 Å². The summed E-state index contributed by atoms with van der Waals surface area (Å²) in [6.07, 6.45) is 1.06. The number of rotatable bonds is 4. The summed E-state index contributed by atoms with van der Waals surface area (Å²) in [6, 6.07) is 10.2. The van der Waals surface area contributed by atoms with E-state index in [1.54, 1.807) is 30.3 Å². The molecule has 2 N–H and O–H groups in total. The normalized spacial score (nSPS) is 13.2. The van der Waals surface area contributed by atoms with Crippen LogP contribution in [0, 0.1) is 0 Å². The molecule has 1 aliphatic rings. The first-order valence-electron chi connectivity index (χ1n) is 7.74. The van der Waals surface area contributed by atoms with Crippen LogP contribution < -0.4 is 14.8 Å². The van der Waals surface area contributed by atoms with Crippen molar-refractivity contribution < 1.29 is 19.4 Å². The molecule has 0 aromatic heterocycles. The molecule has 1 aliphatic heterocycles. The Balaban J connectivity index is 1.62. The van der Waals surface area contributed by atoms with Crippen LogP contribution in [0.5, 0.6) is 17.2 Å². The predicted octanol–water partition coefficient (Wildman–Crippen LogP) is 3.07. The van der Waals surface area contributed by atoms with Crippen molar-refractivity contribution in [2.75, 3.05) is 13.2 Å². The highest BCUT2D eigenvalue weighted by Gasteiger charge is 2.15. The van der Waals surface area contributed by atoms with Crippen molar-refractivity contribution in [3.63, 3.8) is 0 Å². The van der Waals surface area contributed by atoms with Gasteiger partial charge in [-0.25, -0.2) is 0 Å². The molecule has 0 fully saturated rings. The van der Waals surface area contributed by atoms with Crippen LogP contribution in [0.1, 0.15) is 17.5 Å². The molecule has 2 aromatic carbocycles. The van der Waals surface area contributed by atoms with Gasteiger partial charge in [0.2, 0.25) is 5.91 Å². The average Bonchev–Trinajstić information content (AvgIpc) is 2.81. The van der Waals surface area contributed by atoms with E-state index in [1.807, 2.05) is 6.07 Å². The van der Waals surface area contributed by atoms with Gasteiger partial charge >= 0.3 is 0 Å². The monoisotopic (exact) mass is 347 g/mol. The Labute approximate surface area is 145 Å². The first-order valence-corrected chi connectivity index (χ1v) is 8.12. The molecule has 3 rings (SSSR count). The van der Waals surface area contributed by atoms with Gasteiger partial charge in [0.1, 0.15) is 5.75 Å². The number of benzene rings is 2. The summed E-state index contributed by atoms with van der Waals surface area (Å²) in [5.74, 6) is 1.25. The number of fused-ring (bicyclic) bond motifs is 1. The number of carbonyl (C=O) groups is 1. The van der Waals surface area contributed by atoms with Gasteiger partial charge in [0.05, 0.1) is 24.7 Å². The number of amides is 1. The quantitative estimate of drug-likeness (QED) is 0.892. The first-order chi connectivity index (χ1) is 11.6. The molecular formula is C18H18ClNO4. The summed E-state index contributed by atoms with van der Waals surface area (Å²) < 4.78 is 11.2. The van der Waals surface area contributed by atoms with Crippen LogP contribution in [0.3, 0.4) is 0 Å². The van der Waals surface area contributed by atoms with E-state index in [0.29, 0.717) is 36.3 Å². The highest BCUT2D eigenvalue weighted by Crippen LogP contribution is 2.37. The first kappa shape index (κ1) is 16.5. The summed E-state index contributed by atoms with van der Waals surface area (Å²) in [4.78, 5) is 12.0. The minimum absolute atomic E-state index is 0.107. The zero-order valence-electron chi connectivity index (χ0n) is 13.0. The number of carbonyl (C=O) groups excluding carboxylic acids is 1. The standard InChI is InChI=1S/C18H18ClNO4/c19-15-8-13(9-16-18(15)24-7-1-6-23-16)11-20-17(22)10-12-2-4-14(21)5-3-12/h2-5,8-9,21H,1,6-7,10-11H2,(H,20,22). The lowest BCUT2D eigenvalue weighted by Crippen LogP contribution is -2.24. The lowest BCUT2D eigenvalue weighted by Gasteiger charge is -2.12. The van der Waals surface area contributed by atoms with Crippen molar-refractivity contribution >= 4 is 17.5 Å². The minimum Gasteiger partial charge on any atom is -0.508 e. The molecule has 0 radical (unpaired) electrons. The van der Waals surface area contributed by atoms with Crippen LogP contribution in [0.25, 0.3) is 0 Å². The van der Waals surface area contributed by atoms with Crippen LogP contribution in [0.15, 0.2) is 36.4 Å². The van der Waals surface area contributed by atoms with E-state index >= 15 is 0 Å². The second kappa shape index (κ2) is 7.45. The van der Waals surface area contributed by atoms with E-state index in [1.165, 1.54) is 0 Å². The molecule has 1 amide bonds. The molecule has 5 nitrogen and oxygen atoms in total. The maximum Gasteiger partial charge on any atom is 0.224 e. The van der Waals surface area contributed by atoms with Crippen molar-refractivity contribution in [3.8, 4) is 17.2 Å². The second-order valence-electron chi connectivity index (χ2n) is 5.58. The van der Waals surface area contributed by atoms with Gasteiger partial charge in [0, 0.05) is 13.0 Å². The number of hydrogen-bond acceptors (Lipinski definition) is 4. The van der Waals surface area contributed by atoms with Crippen LogP contribution in [-0.2, 0) is 17.8 Å². The van der Waals surface area contributed by atoms with Crippen molar-refractivity contribution in [2.45, 2.75) is 19.4 Å². The van der Waals surface area contributed by atoms with Crippen molar-refractivity contribution in [1.82, 2.24) is 5.32 Å². The lowest BCUT2D eigenvalue weighted by molar-refractivity contribution is -0.120. The zero-order chi connectivity index (χ0) is 16.9. The largest absolute Gasteiger partial charge is 0.508 e.